The SMILES string of the molecule is Oc1ccc(SC(F)(F)F)cc1[C@H]1CCCCN1. The second-order valence-corrected chi connectivity index (χ2v) is 5.41. The topological polar surface area (TPSA) is 32.3 Å². The summed E-state index contributed by atoms with van der Waals surface area (Å²) in [4.78, 5) is 0.114. The van der Waals surface area contributed by atoms with Crippen LogP contribution in [0.15, 0.2) is 23.1 Å². The standard InChI is InChI=1S/C12H14F3NOS/c13-12(14,15)18-8-4-5-11(17)9(7-8)10-3-1-2-6-16-10/h4-5,7,10,16-17H,1-3,6H2/t10-/m1/s1. The fourth-order valence-electron chi connectivity index (χ4n) is 2.13. The van der Waals surface area contributed by atoms with E-state index in [0.717, 1.165) is 25.8 Å². The van der Waals surface area contributed by atoms with E-state index in [0.29, 0.717) is 5.56 Å². The van der Waals surface area contributed by atoms with Gasteiger partial charge in [-0.2, -0.15) is 13.2 Å². The normalized spacial score (nSPS) is 20.9. The number of phenolic OH excluding ortho intramolecular Hbond substituents is 1. The van der Waals surface area contributed by atoms with E-state index in [4.69, 9.17) is 0 Å². The molecular formula is C12H14F3NOS. The Hall–Kier alpha value is -0.880. The molecule has 0 radical (unpaired) electrons. The Morgan fingerprint density at radius 2 is 2.06 bits per heavy atom. The second kappa shape index (κ2) is 5.40. The number of aromatic hydroxyl groups is 1. The molecule has 1 aromatic rings. The van der Waals surface area contributed by atoms with Crippen molar-refractivity contribution in [2.24, 2.45) is 0 Å². The third kappa shape index (κ3) is 3.55. The van der Waals surface area contributed by atoms with Gasteiger partial charge in [-0.1, -0.05) is 6.42 Å². The summed E-state index contributed by atoms with van der Waals surface area (Å²) < 4.78 is 36.9. The van der Waals surface area contributed by atoms with Crippen LogP contribution in [-0.2, 0) is 0 Å². The highest BCUT2D eigenvalue weighted by molar-refractivity contribution is 8.00. The summed E-state index contributed by atoms with van der Waals surface area (Å²) >= 11 is -0.151. The van der Waals surface area contributed by atoms with E-state index in [1.165, 1.54) is 18.2 Å². The third-order valence-electron chi connectivity index (χ3n) is 2.92. The van der Waals surface area contributed by atoms with E-state index in [1.807, 2.05) is 0 Å². The molecule has 1 heterocycles. The Balaban J connectivity index is 2.20. The highest BCUT2D eigenvalue weighted by Gasteiger charge is 2.30. The molecule has 1 atom stereocenters. The Labute approximate surface area is 108 Å². The molecule has 6 heteroatoms. The van der Waals surface area contributed by atoms with Crippen molar-refractivity contribution in [1.82, 2.24) is 5.32 Å². The fourth-order valence-corrected chi connectivity index (χ4v) is 2.72. The number of rotatable bonds is 2. The first-order valence-electron chi connectivity index (χ1n) is 5.78. The first-order valence-corrected chi connectivity index (χ1v) is 6.59. The van der Waals surface area contributed by atoms with E-state index in [9.17, 15) is 18.3 Å². The van der Waals surface area contributed by atoms with Crippen LogP contribution in [-0.4, -0.2) is 17.2 Å². The molecule has 0 spiro atoms. The molecule has 1 saturated heterocycles. The van der Waals surface area contributed by atoms with Crippen LogP contribution in [0.1, 0.15) is 30.9 Å². The lowest BCUT2D eigenvalue weighted by atomic mass is 9.97. The molecule has 0 saturated carbocycles. The summed E-state index contributed by atoms with van der Waals surface area (Å²) in [6, 6.07) is 4.00. The molecule has 1 aromatic carbocycles. The van der Waals surface area contributed by atoms with Crippen LogP contribution >= 0.6 is 11.8 Å². The van der Waals surface area contributed by atoms with Gasteiger partial charge < -0.3 is 10.4 Å². The van der Waals surface area contributed by atoms with Crippen molar-refractivity contribution < 1.29 is 18.3 Å². The minimum absolute atomic E-state index is 0.0486. The zero-order chi connectivity index (χ0) is 13.2. The molecule has 100 valence electrons. The Morgan fingerprint density at radius 1 is 1.28 bits per heavy atom. The van der Waals surface area contributed by atoms with Gasteiger partial charge in [-0.25, -0.2) is 0 Å². The molecule has 0 amide bonds. The van der Waals surface area contributed by atoms with E-state index in [2.05, 4.69) is 5.32 Å². The minimum atomic E-state index is -4.30. The first-order chi connectivity index (χ1) is 8.46. The summed E-state index contributed by atoms with van der Waals surface area (Å²) in [6.45, 7) is 0.834. The van der Waals surface area contributed by atoms with Crippen molar-refractivity contribution in [2.45, 2.75) is 35.7 Å². The lowest BCUT2D eigenvalue weighted by molar-refractivity contribution is -0.0328. The number of nitrogens with one attached hydrogen (secondary N) is 1. The maximum absolute atomic E-state index is 12.3. The van der Waals surface area contributed by atoms with Gasteiger partial charge in [0.2, 0.25) is 0 Å². The maximum atomic E-state index is 12.3. The number of thioether (sulfide) groups is 1. The summed E-state index contributed by atoms with van der Waals surface area (Å²) in [5.74, 6) is 0.0564. The molecule has 1 aliphatic rings. The third-order valence-corrected chi connectivity index (χ3v) is 3.64. The van der Waals surface area contributed by atoms with Crippen molar-refractivity contribution in [3.05, 3.63) is 23.8 Å². The van der Waals surface area contributed by atoms with Crippen LogP contribution in [0.2, 0.25) is 0 Å². The van der Waals surface area contributed by atoms with Crippen LogP contribution in [0.25, 0.3) is 0 Å². The quantitative estimate of drug-likeness (QED) is 0.806. The van der Waals surface area contributed by atoms with Gasteiger partial charge in [0.05, 0.1) is 0 Å². The van der Waals surface area contributed by atoms with Crippen molar-refractivity contribution in [3.8, 4) is 5.75 Å². The molecular weight excluding hydrogens is 263 g/mol. The molecule has 0 aromatic heterocycles. The minimum Gasteiger partial charge on any atom is -0.508 e. The molecule has 2 nitrogen and oxygen atoms in total. The largest absolute Gasteiger partial charge is 0.508 e. The van der Waals surface area contributed by atoms with Crippen molar-refractivity contribution in [1.29, 1.82) is 0 Å². The lowest BCUT2D eigenvalue weighted by Gasteiger charge is -2.25. The van der Waals surface area contributed by atoms with E-state index < -0.39 is 5.51 Å². The van der Waals surface area contributed by atoms with Gasteiger partial charge in [-0.05, 0) is 49.3 Å². The summed E-state index contributed by atoms with van der Waals surface area (Å²) in [6.07, 6.45) is 2.93. The Morgan fingerprint density at radius 3 is 2.67 bits per heavy atom. The van der Waals surface area contributed by atoms with Crippen LogP contribution in [0, 0.1) is 0 Å². The van der Waals surface area contributed by atoms with E-state index in [-0.39, 0.29) is 28.4 Å². The molecule has 2 rings (SSSR count). The van der Waals surface area contributed by atoms with Crippen LogP contribution in [0.5, 0.6) is 5.75 Å². The molecule has 18 heavy (non-hydrogen) atoms. The number of hydrogen-bond donors (Lipinski definition) is 2. The Bertz CT molecular complexity index is 416. The van der Waals surface area contributed by atoms with Crippen molar-refractivity contribution in [2.75, 3.05) is 6.54 Å². The number of halogens is 3. The van der Waals surface area contributed by atoms with Gasteiger partial charge in [0, 0.05) is 16.5 Å². The number of benzene rings is 1. The highest BCUT2D eigenvalue weighted by atomic mass is 32.2. The summed E-state index contributed by atoms with van der Waals surface area (Å²) in [5.41, 5.74) is -3.74. The predicted molar refractivity (Wildman–Crippen MR) is 64.6 cm³/mol. The van der Waals surface area contributed by atoms with Gasteiger partial charge in [-0.3, -0.25) is 0 Å². The molecule has 0 bridgehead atoms. The number of piperidine rings is 1. The molecule has 0 unspecified atom stereocenters. The number of alkyl halides is 3. The van der Waals surface area contributed by atoms with Gasteiger partial charge in [-0.15, -0.1) is 0 Å². The van der Waals surface area contributed by atoms with Gasteiger partial charge >= 0.3 is 5.51 Å². The highest BCUT2D eigenvalue weighted by Crippen LogP contribution is 2.40. The first kappa shape index (κ1) is 13.5. The molecule has 1 fully saturated rings. The van der Waals surface area contributed by atoms with E-state index in [1.54, 1.807) is 0 Å². The number of phenols is 1. The average molecular weight is 277 g/mol. The maximum Gasteiger partial charge on any atom is 0.446 e. The fraction of sp³-hybridized carbons (Fsp3) is 0.500. The molecule has 0 aliphatic carbocycles. The summed E-state index contributed by atoms with van der Waals surface area (Å²) in [5, 5.41) is 13.0. The smallest absolute Gasteiger partial charge is 0.446 e. The second-order valence-electron chi connectivity index (χ2n) is 4.27. The molecule has 2 N–H and O–H groups in total. The van der Waals surface area contributed by atoms with Crippen LogP contribution < -0.4 is 5.32 Å². The summed E-state index contributed by atoms with van der Waals surface area (Å²) in [7, 11) is 0. The molecule has 1 aliphatic heterocycles. The zero-order valence-electron chi connectivity index (χ0n) is 9.63. The Kier molecular flexibility index (Phi) is 4.07. The number of hydrogen-bond acceptors (Lipinski definition) is 3. The monoisotopic (exact) mass is 277 g/mol. The lowest BCUT2D eigenvalue weighted by Crippen LogP contribution is -2.26. The van der Waals surface area contributed by atoms with Crippen LogP contribution in [0.3, 0.4) is 0 Å². The van der Waals surface area contributed by atoms with Gasteiger partial charge in [0.25, 0.3) is 0 Å². The van der Waals surface area contributed by atoms with Crippen molar-refractivity contribution in [3.63, 3.8) is 0 Å². The van der Waals surface area contributed by atoms with E-state index >= 15 is 0 Å². The predicted octanol–water partition coefficient (Wildman–Crippen LogP) is 3.82. The average Bonchev–Trinajstić information content (AvgIpc) is 2.31. The van der Waals surface area contributed by atoms with Crippen LogP contribution in [0.4, 0.5) is 13.2 Å². The van der Waals surface area contributed by atoms with Crippen molar-refractivity contribution >= 4 is 11.8 Å². The van der Waals surface area contributed by atoms with Gasteiger partial charge in [0.15, 0.2) is 0 Å². The van der Waals surface area contributed by atoms with Gasteiger partial charge in [0.1, 0.15) is 5.75 Å². The zero-order valence-corrected chi connectivity index (χ0v) is 10.4.